The van der Waals surface area contributed by atoms with Crippen LogP contribution in [0.4, 0.5) is 13.2 Å². The lowest BCUT2D eigenvalue weighted by Crippen LogP contribution is -2.25. The molecule has 0 atom stereocenters. The Bertz CT molecular complexity index is 963. The molecule has 1 amide bonds. The molecule has 2 heterocycles. The molecule has 0 unspecified atom stereocenters. The van der Waals surface area contributed by atoms with Crippen molar-refractivity contribution < 1.29 is 22.7 Å². The summed E-state index contributed by atoms with van der Waals surface area (Å²) >= 11 is 0. The van der Waals surface area contributed by atoms with Crippen LogP contribution in [-0.4, -0.2) is 21.7 Å². The zero-order valence-electron chi connectivity index (χ0n) is 14.8. The lowest BCUT2D eigenvalue weighted by atomic mass is 10.2. The van der Waals surface area contributed by atoms with Crippen molar-refractivity contribution >= 4 is 11.6 Å². The van der Waals surface area contributed by atoms with Gasteiger partial charge in [-0.25, -0.2) is 4.98 Å². The molecular formula is C19H18F3N3O2. The van der Waals surface area contributed by atoms with Gasteiger partial charge in [0.1, 0.15) is 17.1 Å². The zero-order valence-corrected chi connectivity index (χ0v) is 14.8. The fraction of sp³-hybridized carbons (Fsp3) is 0.263. The number of nitrogens with one attached hydrogen (secondary N) is 1. The number of benzene rings is 1. The number of pyridine rings is 1. The number of amides is 1. The number of imidazole rings is 1. The second-order valence-electron chi connectivity index (χ2n) is 6.07. The van der Waals surface area contributed by atoms with E-state index in [4.69, 9.17) is 0 Å². The number of aromatic nitrogens is 2. The number of hydrogen-bond donors (Lipinski definition) is 1. The summed E-state index contributed by atoms with van der Waals surface area (Å²) in [7, 11) is 0. The second kappa shape index (κ2) is 7.30. The van der Waals surface area contributed by atoms with Gasteiger partial charge < -0.3 is 10.1 Å². The largest absolute Gasteiger partial charge is 0.573 e. The molecule has 0 aliphatic carbocycles. The van der Waals surface area contributed by atoms with Gasteiger partial charge in [0, 0.05) is 12.7 Å². The van der Waals surface area contributed by atoms with Crippen LogP contribution in [0.15, 0.2) is 42.6 Å². The van der Waals surface area contributed by atoms with Crippen molar-refractivity contribution in [3.8, 4) is 5.75 Å². The number of alkyl halides is 3. The van der Waals surface area contributed by atoms with Gasteiger partial charge in [0.05, 0.1) is 5.69 Å². The summed E-state index contributed by atoms with van der Waals surface area (Å²) in [6.45, 7) is 4.02. The maximum absolute atomic E-state index is 12.7. The van der Waals surface area contributed by atoms with Gasteiger partial charge in [-0.15, -0.1) is 13.2 Å². The van der Waals surface area contributed by atoms with Gasteiger partial charge in [0.15, 0.2) is 0 Å². The number of rotatable bonds is 5. The smallest absolute Gasteiger partial charge is 0.406 e. The van der Waals surface area contributed by atoms with Crippen LogP contribution in [0.2, 0.25) is 0 Å². The Kier molecular flexibility index (Phi) is 5.07. The molecule has 0 bridgehead atoms. The van der Waals surface area contributed by atoms with Crippen LogP contribution in [0.1, 0.15) is 34.2 Å². The van der Waals surface area contributed by atoms with Gasteiger partial charge in [0.25, 0.3) is 5.91 Å². The van der Waals surface area contributed by atoms with Crippen molar-refractivity contribution in [2.24, 2.45) is 0 Å². The fourth-order valence-electron chi connectivity index (χ4n) is 2.76. The summed E-state index contributed by atoms with van der Waals surface area (Å²) in [5, 5.41) is 2.79. The minimum absolute atomic E-state index is 0.174. The van der Waals surface area contributed by atoms with Crippen molar-refractivity contribution in [3.05, 3.63) is 65.1 Å². The number of ether oxygens (including phenoxy) is 1. The zero-order chi connectivity index (χ0) is 19.6. The minimum atomic E-state index is -4.73. The predicted octanol–water partition coefficient (Wildman–Crippen LogP) is 4.03. The van der Waals surface area contributed by atoms with E-state index in [1.54, 1.807) is 4.40 Å². The molecule has 1 aromatic carbocycles. The molecule has 0 fully saturated rings. The molecule has 142 valence electrons. The quantitative estimate of drug-likeness (QED) is 0.730. The van der Waals surface area contributed by atoms with E-state index >= 15 is 0 Å². The number of hydrogen-bond acceptors (Lipinski definition) is 3. The van der Waals surface area contributed by atoms with Crippen molar-refractivity contribution in [3.63, 3.8) is 0 Å². The van der Waals surface area contributed by atoms with Gasteiger partial charge in [-0.05, 0) is 42.7 Å². The predicted molar refractivity (Wildman–Crippen MR) is 93.6 cm³/mol. The summed E-state index contributed by atoms with van der Waals surface area (Å²) in [5.41, 5.74) is 3.49. The Labute approximate surface area is 153 Å². The molecule has 5 nitrogen and oxygen atoms in total. The van der Waals surface area contributed by atoms with Crippen LogP contribution in [0.25, 0.3) is 5.65 Å². The number of carbonyl (C=O) groups excluding carboxylic acids is 1. The molecule has 0 aliphatic rings. The highest BCUT2D eigenvalue weighted by Gasteiger charge is 2.30. The molecular weight excluding hydrogens is 359 g/mol. The maximum Gasteiger partial charge on any atom is 0.573 e. The van der Waals surface area contributed by atoms with E-state index < -0.39 is 6.36 Å². The average Bonchev–Trinajstić information content (AvgIpc) is 2.97. The van der Waals surface area contributed by atoms with Crippen LogP contribution in [0, 0.1) is 6.92 Å². The SMILES string of the molecule is CCc1nc2ccc(C)cn2c1C(=O)NCc1ccc(OC(F)(F)F)cc1. The van der Waals surface area contributed by atoms with Gasteiger partial charge in [-0.2, -0.15) is 0 Å². The summed E-state index contributed by atoms with van der Waals surface area (Å²) in [5.74, 6) is -0.594. The Morgan fingerprint density at radius 3 is 2.52 bits per heavy atom. The van der Waals surface area contributed by atoms with E-state index in [1.807, 2.05) is 32.2 Å². The summed E-state index contributed by atoms with van der Waals surface area (Å²) in [4.78, 5) is 17.2. The highest BCUT2D eigenvalue weighted by atomic mass is 19.4. The van der Waals surface area contributed by atoms with Crippen LogP contribution < -0.4 is 10.1 Å². The summed E-state index contributed by atoms with van der Waals surface area (Å²) in [6.07, 6.45) is -2.28. The Morgan fingerprint density at radius 1 is 1.19 bits per heavy atom. The van der Waals surface area contributed by atoms with Crippen molar-refractivity contribution in [1.82, 2.24) is 14.7 Å². The number of halogens is 3. The Morgan fingerprint density at radius 2 is 1.89 bits per heavy atom. The summed E-state index contributed by atoms with van der Waals surface area (Å²) in [6, 6.07) is 9.15. The normalized spacial score (nSPS) is 11.6. The number of carbonyl (C=O) groups is 1. The molecule has 27 heavy (non-hydrogen) atoms. The van der Waals surface area contributed by atoms with Crippen LogP contribution in [0.3, 0.4) is 0 Å². The first-order valence-electron chi connectivity index (χ1n) is 8.37. The molecule has 1 N–H and O–H groups in total. The van der Waals surface area contributed by atoms with Crippen molar-refractivity contribution in [1.29, 1.82) is 0 Å². The van der Waals surface area contributed by atoms with Gasteiger partial charge in [0.2, 0.25) is 0 Å². The van der Waals surface area contributed by atoms with Crippen LogP contribution in [0.5, 0.6) is 5.75 Å². The lowest BCUT2D eigenvalue weighted by Gasteiger charge is -2.10. The second-order valence-corrected chi connectivity index (χ2v) is 6.07. The third kappa shape index (κ3) is 4.39. The molecule has 3 rings (SSSR count). The van der Waals surface area contributed by atoms with E-state index in [-0.39, 0.29) is 18.2 Å². The van der Waals surface area contributed by atoms with E-state index in [0.717, 1.165) is 5.56 Å². The number of nitrogens with zero attached hydrogens (tertiary/aromatic N) is 2. The van der Waals surface area contributed by atoms with Gasteiger partial charge in [-0.1, -0.05) is 25.1 Å². The molecule has 0 radical (unpaired) electrons. The monoisotopic (exact) mass is 377 g/mol. The van der Waals surface area contributed by atoms with Crippen molar-refractivity contribution in [2.45, 2.75) is 33.2 Å². The van der Waals surface area contributed by atoms with Crippen LogP contribution >= 0.6 is 0 Å². The Balaban J connectivity index is 1.74. The van der Waals surface area contributed by atoms with E-state index in [2.05, 4.69) is 15.0 Å². The van der Waals surface area contributed by atoms with E-state index in [9.17, 15) is 18.0 Å². The first-order chi connectivity index (χ1) is 12.8. The Hall–Kier alpha value is -3.03. The highest BCUT2D eigenvalue weighted by Crippen LogP contribution is 2.22. The topological polar surface area (TPSA) is 55.6 Å². The van der Waals surface area contributed by atoms with E-state index in [1.165, 1.54) is 24.3 Å². The van der Waals surface area contributed by atoms with Gasteiger partial charge in [-0.3, -0.25) is 9.20 Å². The van der Waals surface area contributed by atoms with Crippen molar-refractivity contribution in [2.75, 3.05) is 0 Å². The van der Waals surface area contributed by atoms with E-state index in [0.29, 0.717) is 29.0 Å². The molecule has 0 aliphatic heterocycles. The first kappa shape index (κ1) is 18.8. The molecule has 0 saturated carbocycles. The third-order valence-corrected chi connectivity index (χ3v) is 4.00. The number of fused-ring (bicyclic) bond motifs is 1. The van der Waals surface area contributed by atoms with Crippen LogP contribution in [-0.2, 0) is 13.0 Å². The molecule has 2 aromatic heterocycles. The third-order valence-electron chi connectivity index (χ3n) is 4.00. The standard InChI is InChI=1S/C19H18F3N3O2/c1-3-15-17(25-11-12(2)4-9-16(25)24-15)18(26)23-10-13-5-7-14(8-6-13)27-19(20,21)22/h4-9,11H,3,10H2,1-2H3,(H,23,26). The molecule has 8 heteroatoms. The molecule has 0 saturated heterocycles. The van der Waals surface area contributed by atoms with Gasteiger partial charge >= 0.3 is 6.36 Å². The summed E-state index contributed by atoms with van der Waals surface area (Å²) < 4.78 is 42.2. The fourth-order valence-corrected chi connectivity index (χ4v) is 2.76. The minimum Gasteiger partial charge on any atom is -0.406 e. The average molecular weight is 377 g/mol. The lowest BCUT2D eigenvalue weighted by molar-refractivity contribution is -0.274. The molecule has 3 aromatic rings. The first-order valence-corrected chi connectivity index (χ1v) is 8.37. The molecule has 0 spiro atoms. The maximum atomic E-state index is 12.7. The highest BCUT2D eigenvalue weighted by molar-refractivity contribution is 5.94. The number of aryl methyl sites for hydroxylation is 2.